The number of thiazole rings is 1. The first-order chi connectivity index (χ1) is 9.92. The molecule has 21 heavy (non-hydrogen) atoms. The summed E-state index contributed by atoms with van der Waals surface area (Å²) >= 11 is 1.32. The number of nitrogens with one attached hydrogen (secondary N) is 2. The lowest BCUT2D eigenvalue weighted by molar-refractivity contribution is 0.564. The predicted octanol–water partition coefficient (Wildman–Crippen LogP) is 1.37. The molecule has 0 aliphatic rings. The minimum atomic E-state index is -3.63. The fraction of sp³-hybridized carbons (Fsp3) is 0.500. The number of likely N-dealkylation sites (N-methyl/N-ethyl adjacent to an activating group) is 1. The van der Waals surface area contributed by atoms with Gasteiger partial charge in [-0.1, -0.05) is 6.92 Å². The highest BCUT2D eigenvalue weighted by atomic mass is 32.2. The number of hydrogen-bond acceptors (Lipinski definition) is 6. The topological polar surface area (TPSA) is 88.9 Å². The lowest BCUT2D eigenvalue weighted by Gasteiger charge is -2.02. The van der Waals surface area contributed by atoms with E-state index in [-0.39, 0.29) is 4.90 Å². The molecule has 0 unspecified atom stereocenters. The molecule has 0 aliphatic carbocycles. The molecule has 0 radical (unpaired) electrons. The molecule has 0 fully saturated rings. The summed E-state index contributed by atoms with van der Waals surface area (Å²) in [7, 11) is -3.63. The van der Waals surface area contributed by atoms with Gasteiger partial charge in [0.05, 0.1) is 18.4 Å². The quantitative estimate of drug-likeness (QED) is 0.749. The molecule has 0 amide bonds. The van der Waals surface area contributed by atoms with Crippen LogP contribution in [0, 0.1) is 13.8 Å². The molecule has 2 rings (SSSR count). The maximum absolute atomic E-state index is 12.3. The smallest absolute Gasteiger partial charge is 0.266 e. The first-order valence-corrected chi connectivity index (χ1v) is 8.92. The van der Waals surface area contributed by atoms with E-state index in [1.54, 1.807) is 4.68 Å². The minimum absolute atomic E-state index is 0.143. The van der Waals surface area contributed by atoms with Crippen molar-refractivity contribution in [2.75, 3.05) is 17.8 Å². The highest BCUT2D eigenvalue weighted by molar-refractivity contribution is 7.93. The second-order valence-corrected chi connectivity index (χ2v) is 7.44. The lowest BCUT2D eigenvalue weighted by Crippen LogP contribution is -2.19. The second-order valence-electron chi connectivity index (χ2n) is 4.56. The van der Waals surface area contributed by atoms with Crippen LogP contribution in [0.3, 0.4) is 0 Å². The molecular weight excluding hydrogens is 310 g/mol. The number of aromatic nitrogens is 3. The number of nitrogens with zero attached hydrogens (tertiary/aromatic N) is 3. The maximum Gasteiger partial charge on any atom is 0.266 e. The maximum atomic E-state index is 12.3. The summed E-state index contributed by atoms with van der Waals surface area (Å²) < 4.78 is 28.6. The molecular formula is C12H19N5O2S2. The van der Waals surface area contributed by atoms with Crippen LogP contribution >= 0.6 is 11.3 Å². The van der Waals surface area contributed by atoms with Gasteiger partial charge in [-0.15, -0.1) is 11.3 Å². The van der Waals surface area contributed by atoms with Gasteiger partial charge in [-0.2, -0.15) is 5.10 Å². The predicted molar refractivity (Wildman–Crippen MR) is 83.2 cm³/mol. The van der Waals surface area contributed by atoms with Crippen molar-refractivity contribution in [1.82, 2.24) is 20.1 Å². The van der Waals surface area contributed by atoms with Crippen LogP contribution in [-0.2, 0) is 16.6 Å². The first-order valence-electron chi connectivity index (χ1n) is 6.62. The van der Waals surface area contributed by atoms with Gasteiger partial charge in [-0.25, -0.2) is 13.4 Å². The third kappa shape index (κ3) is 4.02. The Labute approximate surface area is 128 Å². The summed E-state index contributed by atoms with van der Waals surface area (Å²) in [6.07, 6.45) is 2.87. The molecule has 2 aromatic heterocycles. The monoisotopic (exact) mass is 329 g/mol. The van der Waals surface area contributed by atoms with E-state index in [1.165, 1.54) is 23.7 Å². The van der Waals surface area contributed by atoms with Crippen molar-refractivity contribution in [3.8, 4) is 0 Å². The minimum Gasteiger partial charge on any atom is -0.315 e. The average molecular weight is 329 g/mol. The van der Waals surface area contributed by atoms with E-state index in [0.717, 1.165) is 23.7 Å². The van der Waals surface area contributed by atoms with E-state index in [0.29, 0.717) is 11.7 Å². The molecule has 0 saturated carbocycles. The molecule has 0 saturated heterocycles. The zero-order valence-electron chi connectivity index (χ0n) is 12.3. The van der Waals surface area contributed by atoms with Crippen LogP contribution in [0.4, 0.5) is 5.13 Å². The van der Waals surface area contributed by atoms with E-state index in [1.807, 2.05) is 20.8 Å². The number of sulfonamides is 1. The summed E-state index contributed by atoms with van der Waals surface area (Å²) in [5, 5.41) is 7.60. The van der Waals surface area contributed by atoms with Crippen LogP contribution in [0.15, 0.2) is 17.3 Å². The van der Waals surface area contributed by atoms with Crippen molar-refractivity contribution in [3.63, 3.8) is 0 Å². The summed E-state index contributed by atoms with van der Waals surface area (Å²) in [6, 6.07) is 0. The molecule has 0 bridgehead atoms. The van der Waals surface area contributed by atoms with Crippen molar-refractivity contribution >= 4 is 26.5 Å². The molecule has 9 heteroatoms. The number of hydrogen-bond donors (Lipinski definition) is 2. The lowest BCUT2D eigenvalue weighted by atomic mass is 10.4. The highest BCUT2D eigenvalue weighted by Gasteiger charge is 2.18. The Morgan fingerprint density at radius 2 is 2.14 bits per heavy atom. The van der Waals surface area contributed by atoms with Gasteiger partial charge >= 0.3 is 0 Å². The second kappa shape index (κ2) is 6.54. The third-order valence-corrected chi connectivity index (χ3v) is 5.35. The molecule has 0 spiro atoms. The van der Waals surface area contributed by atoms with Crippen LogP contribution < -0.4 is 10.0 Å². The summed E-state index contributed by atoms with van der Waals surface area (Å²) in [5.74, 6) is 0. The van der Waals surface area contributed by atoms with Crippen LogP contribution in [0.2, 0.25) is 0 Å². The largest absolute Gasteiger partial charge is 0.315 e. The number of aryl methyl sites for hydroxylation is 2. The summed E-state index contributed by atoms with van der Waals surface area (Å²) in [6.45, 7) is 8.01. The highest BCUT2D eigenvalue weighted by Crippen LogP contribution is 2.23. The molecule has 2 N–H and O–H groups in total. The standard InChI is InChI=1S/C12H19N5O2S2/c1-4-13-5-6-17-8-11(7-14-17)21(18,19)16-12-15-9(2)10(3)20-12/h7-8,13H,4-6H2,1-3H3,(H,15,16). The zero-order chi connectivity index (χ0) is 15.5. The Balaban J connectivity index is 2.08. The molecule has 0 aromatic carbocycles. The molecule has 0 aliphatic heterocycles. The van der Waals surface area contributed by atoms with E-state index >= 15 is 0 Å². The normalized spacial score (nSPS) is 11.8. The van der Waals surface area contributed by atoms with Gasteiger partial charge in [0.15, 0.2) is 5.13 Å². The Bertz CT molecular complexity index is 686. The van der Waals surface area contributed by atoms with Gasteiger partial charge in [-0.3, -0.25) is 9.40 Å². The zero-order valence-corrected chi connectivity index (χ0v) is 13.9. The molecule has 2 aromatic rings. The third-order valence-electron chi connectivity index (χ3n) is 2.94. The van der Waals surface area contributed by atoms with E-state index in [2.05, 4.69) is 20.1 Å². The van der Waals surface area contributed by atoms with Crippen molar-refractivity contribution < 1.29 is 8.42 Å². The van der Waals surface area contributed by atoms with Gasteiger partial charge in [0.2, 0.25) is 0 Å². The van der Waals surface area contributed by atoms with Crippen LogP contribution in [0.1, 0.15) is 17.5 Å². The van der Waals surface area contributed by atoms with Crippen molar-refractivity contribution in [3.05, 3.63) is 23.0 Å². The van der Waals surface area contributed by atoms with Gasteiger partial charge in [0.25, 0.3) is 10.0 Å². The molecule has 0 atom stereocenters. The van der Waals surface area contributed by atoms with Crippen molar-refractivity contribution in [1.29, 1.82) is 0 Å². The van der Waals surface area contributed by atoms with Gasteiger partial charge in [0.1, 0.15) is 4.90 Å². The van der Waals surface area contributed by atoms with Crippen LogP contribution in [-0.4, -0.2) is 36.3 Å². The van der Waals surface area contributed by atoms with Crippen molar-refractivity contribution in [2.45, 2.75) is 32.2 Å². The molecule has 7 nitrogen and oxygen atoms in total. The van der Waals surface area contributed by atoms with Crippen molar-refractivity contribution in [2.24, 2.45) is 0 Å². The summed E-state index contributed by atoms with van der Waals surface area (Å²) in [4.78, 5) is 5.32. The van der Waals surface area contributed by atoms with Crippen LogP contribution in [0.25, 0.3) is 0 Å². The van der Waals surface area contributed by atoms with Crippen LogP contribution in [0.5, 0.6) is 0 Å². The fourth-order valence-electron chi connectivity index (χ4n) is 1.67. The van der Waals surface area contributed by atoms with Gasteiger partial charge in [0, 0.05) is 17.6 Å². The molecule has 116 valence electrons. The average Bonchev–Trinajstić information content (AvgIpc) is 2.98. The van der Waals surface area contributed by atoms with E-state index in [9.17, 15) is 8.42 Å². The molecule has 2 heterocycles. The fourth-order valence-corrected chi connectivity index (χ4v) is 3.67. The Morgan fingerprint density at radius 3 is 2.76 bits per heavy atom. The SMILES string of the molecule is CCNCCn1cc(S(=O)(=O)Nc2nc(C)c(C)s2)cn1. The summed E-state index contributed by atoms with van der Waals surface area (Å²) in [5.41, 5.74) is 0.832. The Kier molecular flexibility index (Phi) is 4.96. The van der Waals surface area contributed by atoms with Gasteiger partial charge < -0.3 is 5.32 Å². The Hall–Kier alpha value is -1.45. The Morgan fingerprint density at radius 1 is 1.38 bits per heavy atom. The number of anilines is 1. The van der Waals surface area contributed by atoms with E-state index in [4.69, 9.17) is 0 Å². The number of rotatable bonds is 7. The van der Waals surface area contributed by atoms with E-state index < -0.39 is 10.0 Å². The first kappa shape index (κ1) is 15.9. The van der Waals surface area contributed by atoms with Gasteiger partial charge in [-0.05, 0) is 20.4 Å².